The Hall–Kier alpha value is -3.55. The molecule has 4 rings (SSSR count). The Bertz CT molecular complexity index is 1090. The second kappa shape index (κ2) is 9.30. The molecule has 2 heterocycles. The molecular formula is C24H29N5O3. The van der Waals surface area contributed by atoms with E-state index in [9.17, 15) is 4.79 Å². The second-order valence-electron chi connectivity index (χ2n) is 8.13. The number of hydrogen-bond acceptors (Lipinski definition) is 6. The summed E-state index contributed by atoms with van der Waals surface area (Å²) in [4.78, 5) is 25.7. The molecule has 2 amide bonds. The van der Waals surface area contributed by atoms with Crippen LogP contribution in [-0.4, -0.2) is 60.3 Å². The summed E-state index contributed by atoms with van der Waals surface area (Å²) in [5.41, 5.74) is 2.67. The molecule has 1 saturated heterocycles. The normalized spacial score (nSPS) is 14.0. The predicted molar refractivity (Wildman–Crippen MR) is 126 cm³/mol. The van der Waals surface area contributed by atoms with E-state index in [1.165, 1.54) is 0 Å². The topological polar surface area (TPSA) is 79.8 Å². The number of piperazine rings is 1. The first-order valence-corrected chi connectivity index (χ1v) is 10.8. The molecule has 0 saturated carbocycles. The van der Waals surface area contributed by atoms with Gasteiger partial charge in [0, 0.05) is 37.3 Å². The minimum atomic E-state index is -0.105. The molecule has 0 radical (unpaired) electrons. The zero-order chi connectivity index (χ0) is 22.7. The van der Waals surface area contributed by atoms with Gasteiger partial charge in [-0.15, -0.1) is 0 Å². The van der Waals surface area contributed by atoms with Crippen LogP contribution in [-0.2, 0) is 0 Å². The second-order valence-corrected chi connectivity index (χ2v) is 8.13. The number of aromatic nitrogens is 2. The van der Waals surface area contributed by atoms with Crippen LogP contribution in [0.3, 0.4) is 0 Å². The first-order chi connectivity index (χ1) is 15.4. The molecule has 3 aromatic rings. The lowest BCUT2D eigenvalue weighted by Gasteiger charge is -2.35. The highest BCUT2D eigenvalue weighted by molar-refractivity contribution is 5.92. The van der Waals surface area contributed by atoms with Crippen LogP contribution in [0.4, 0.5) is 16.3 Å². The SMILES string of the molecule is COc1cc2c(N3CCN(C(=O)Nc4ccc(OC(C)C)cc4)CC3)ncnc2cc1C. The zero-order valence-corrected chi connectivity index (χ0v) is 19.0. The van der Waals surface area contributed by atoms with E-state index in [-0.39, 0.29) is 12.1 Å². The summed E-state index contributed by atoms with van der Waals surface area (Å²) in [5.74, 6) is 2.47. The molecule has 32 heavy (non-hydrogen) atoms. The van der Waals surface area contributed by atoms with Gasteiger partial charge in [-0.1, -0.05) is 0 Å². The third kappa shape index (κ3) is 4.69. The van der Waals surface area contributed by atoms with Gasteiger partial charge in [0.25, 0.3) is 0 Å². The summed E-state index contributed by atoms with van der Waals surface area (Å²) in [5, 5.41) is 3.92. The lowest BCUT2D eigenvalue weighted by molar-refractivity contribution is 0.208. The Morgan fingerprint density at radius 3 is 2.44 bits per heavy atom. The number of anilines is 2. The molecule has 1 aliphatic heterocycles. The number of nitrogens with zero attached hydrogens (tertiary/aromatic N) is 4. The number of methoxy groups -OCH3 is 1. The number of nitrogens with one attached hydrogen (secondary N) is 1. The number of carbonyl (C=O) groups excluding carboxylic acids is 1. The smallest absolute Gasteiger partial charge is 0.321 e. The Kier molecular flexibility index (Phi) is 6.30. The van der Waals surface area contributed by atoms with Gasteiger partial charge in [0.05, 0.1) is 18.7 Å². The molecule has 1 aromatic heterocycles. The Morgan fingerprint density at radius 1 is 1.06 bits per heavy atom. The fourth-order valence-electron chi connectivity index (χ4n) is 3.86. The summed E-state index contributed by atoms with van der Waals surface area (Å²) < 4.78 is 11.1. The van der Waals surface area contributed by atoms with Crippen molar-refractivity contribution in [1.82, 2.24) is 14.9 Å². The zero-order valence-electron chi connectivity index (χ0n) is 19.0. The number of fused-ring (bicyclic) bond motifs is 1. The average molecular weight is 436 g/mol. The largest absolute Gasteiger partial charge is 0.496 e. The van der Waals surface area contributed by atoms with Crippen LogP contribution in [0.2, 0.25) is 0 Å². The first-order valence-electron chi connectivity index (χ1n) is 10.8. The molecule has 1 fully saturated rings. The van der Waals surface area contributed by atoms with Crippen molar-refractivity contribution in [3.8, 4) is 11.5 Å². The van der Waals surface area contributed by atoms with Crippen LogP contribution in [0.25, 0.3) is 10.9 Å². The molecule has 8 nitrogen and oxygen atoms in total. The van der Waals surface area contributed by atoms with Crippen LogP contribution in [0, 0.1) is 6.92 Å². The van der Waals surface area contributed by atoms with E-state index >= 15 is 0 Å². The van der Waals surface area contributed by atoms with Crippen LogP contribution in [0.1, 0.15) is 19.4 Å². The maximum atomic E-state index is 12.7. The third-order valence-corrected chi connectivity index (χ3v) is 5.47. The van der Waals surface area contributed by atoms with Gasteiger partial charge in [-0.2, -0.15) is 0 Å². The van der Waals surface area contributed by atoms with Crippen molar-refractivity contribution in [1.29, 1.82) is 0 Å². The molecule has 0 atom stereocenters. The van der Waals surface area contributed by atoms with E-state index in [2.05, 4.69) is 20.2 Å². The number of ether oxygens (including phenoxy) is 2. The van der Waals surface area contributed by atoms with Crippen molar-refractivity contribution in [2.75, 3.05) is 43.5 Å². The Balaban J connectivity index is 1.40. The van der Waals surface area contributed by atoms with Gasteiger partial charge in [0.15, 0.2) is 0 Å². The lowest BCUT2D eigenvalue weighted by atomic mass is 10.1. The standard InChI is InChI=1S/C24H29N5O3/c1-16(2)32-19-7-5-18(6-8-19)27-24(30)29-11-9-28(10-12-29)23-20-14-22(31-4)17(3)13-21(20)25-15-26-23/h5-8,13-16H,9-12H2,1-4H3,(H,27,30). The van der Waals surface area contributed by atoms with Gasteiger partial charge in [0.2, 0.25) is 0 Å². The number of hydrogen-bond donors (Lipinski definition) is 1. The molecule has 0 unspecified atom stereocenters. The summed E-state index contributed by atoms with van der Waals surface area (Å²) >= 11 is 0. The van der Waals surface area contributed by atoms with Gasteiger partial charge in [-0.25, -0.2) is 14.8 Å². The summed E-state index contributed by atoms with van der Waals surface area (Å²) in [6.07, 6.45) is 1.71. The number of rotatable bonds is 5. The van der Waals surface area contributed by atoms with Crippen molar-refractivity contribution < 1.29 is 14.3 Å². The van der Waals surface area contributed by atoms with Crippen molar-refractivity contribution >= 4 is 28.4 Å². The van der Waals surface area contributed by atoms with E-state index in [1.807, 2.05) is 62.1 Å². The van der Waals surface area contributed by atoms with Gasteiger partial charge >= 0.3 is 6.03 Å². The highest BCUT2D eigenvalue weighted by atomic mass is 16.5. The van der Waals surface area contributed by atoms with Crippen LogP contribution < -0.4 is 19.7 Å². The van der Waals surface area contributed by atoms with Crippen molar-refractivity contribution in [2.24, 2.45) is 0 Å². The monoisotopic (exact) mass is 435 g/mol. The number of aryl methyl sites for hydroxylation is 1. The first kappa shape index (κ1) is 21.7. The Labute approximate surface area is 188 Å². The molecular weight excluding hydrogens is 406 g/mol. The molecule has 0 bridgehead atoms. The maximum absolute atomic E-state index is 12.7. The molecule has 1 aliphatic rings. The summed E-state index contributed by atoms with van der Waals surface area (Å²) in [6, 6.07) is 11.3. The van der Waals surface area contributed by atoms with Crippen LogP contribution in [0.5, 0.6) is 11.5 Å². The van der Waals surface area contributed by atoms with Gasteiger partial charge < -0.3 is 24.6 Å². The molecule has 168 valence electrons. The average Bonchev–Trinajstić information content (AvgIpc) is 2.79. The summed E-state index contributed by atoms with van der Waals surface area (Å²) in [7, 11) is 1.67. The highest BCUT2D eigenvalue weighted by Crippen LogP contribution is 2.30. The Morgan fingerprint density at radius 2 is 1.78 bits per heavy atom. The quantitative estimate of drug-likeness (QED) is 0.650. The van der Waals surface area contributed by atoms with E-state index in [0.29, 0.717) is 26.2 Å². The highest BCUT2D eigenvalue weighted by Gasteiger charge is 2.23. The third-order valence-electron chi connectivity index (χ3n) is 5.47. The van der Waals surface area contributed by atoms with E-state index in [1.54, 1.807) is 13.4 Å². The molecule has 0 aliphatic carbocycles. The minimum Gasteiger partial charge on any atom is -0.496 e. The molecule has 2 aromatic carbocycles. The van der Waals surface area contributed by atoms with Gasteiger partial charge in [-0.3, -0.25) is 0 Å². The number of benzene rings is 2. The van der Waals surface area contributed by atoms with E-state index in [4.69, 9.17) is 9.47 Å². The van der Waals surface area contributed by atoms with Crippen LogP contribution >= 0.6 is 0 Å². The van der Waals surface area contributed by atoms with Crippen LogP contribution in [0.15, 0.2) is 42.7 Å². The van der Waals surface area contributed by atoms with E-state index in [0.717, 1.165) is 39.5 Å². The molecule has 8 heteroatoms. The number of amides is 2. The number of carbonyl (C=O) groups is 1. The van der Waals surface area contributed by atoms with Crippen molar-refractivity contribution in [3.63, 3.8) is 0 Å². The lowest BCUT2D eigenvalue weighted by Crippen LogP contribution is -2.50. The minimum absolute atomic E-state index is 0.105. The molecule has 0 spiro atoms. The summed E-state index contributed by atoms with van der Waals surface area (Å²) in [6.45, 7) is 8.56. The number of urea groups is 1. The maximum Gasteiger partial charge on any atom is 0.321 e. The fourth-order valence-corrected chi connectivity index (χ4v) is 3.86. The molecule has 1 N–H and O–H groups in total. The van der Waals surface area contributed by atoms with Crippen molar-refractivity contribution in [2.45, 2.75) is 26.9 Å². The van der Waals surface area contributed by atoms with Gasteiger partial charge in [-0.05, 0) is 62.7 Å². The fraction of sp³-hybridized carbons (Fsp3) is 0.375. The predicted octanol–water partition coefficient (Wildman–Crippen LogP) is 4.09. The van der Waals surface area contributed by atoms with Gasteiger partial charge in [0.1, 0.15) is 23.6 Å². The van der Waals surface area contributed by atoms with E-state index < -0.39 is 0 Å². The van der Waals surface area contributed by atoms with Crippen molar-refractivity contribution in [3.05, 3.63) is 48.3 Å².